The molecule has 4 nitrogen and oxygen atoms in total. The van der Waals surface area contributed by atoms with Crippen LogP contribution in [0.5, 0.6) is 0 Å². The molecule has 0 bridgehead atoms. The Labute approximate surface area is 123 Å². The van der Waals surface area contributed by atoms with Crippen molar-refractivity contribution in [3.8, 4) is 0 Å². The number of nitrogens with zero attached hydrogens (tertiary/aromatic N) is 1. The second kappa shape index (κ2) is 4.77. The van der Waals surface area contributed by atoms with Crippen molar-refractivity contribution in [2.45, 2.75) is 31.8 Å². The standard InChI is InChI=1S/C15H17ClN2O2/c1-15(11-6-7-11)14(20)17-8-13(19)18(15)9-10-4-2-3-5-12(10)16/h2-5,11H,6-9H2,1H3,(H,17,20). The molecule has 0 radical (unpaired) electrons. The summed E-state index contributed by atoms with van der Waals surface area (Å²) >= 11 is 6.18. The van der Waals surface area contributed by atoms with Crippen LogP contribution in [0, 0.1) is 5.92 Å². The molecule has 1 saturated heterocycles. The fourth-order valence-electron chi connectivity index (χ4n) is 2.91. The minimum absolute atomic E-state index is 0.0427. The minimum atomic E-state index is -0.742. The number of hydrogen-bond donors (Lipinski definition) is 1. The molecule has 1 unspecified atom stereocenters. The lowest BCUT2D eigenvalue weighted by atomic mass is 9.89. The van der Waals surface area contributed by atoms with Crippen molar-refractivity contribution in [3.05, 3.63) is 34.9 Å². The first-order valence-corrected chi connectivity index (χ1v) is 7.23. The average molecular weight is 293 g/mol. The van der Waals surface area contributed by atoms with E-state index in [1.807, 2.05) is 25.1 Å². The molecule has 1 saturated carbocycles. The molecule has 2 fully saturated rings. The van der Waals surface area contributed by atoms with Crippen LogP contribution in [0.2, 0.25) is 5.02 Å². The predicted octanol–water partition coefficient (Wildman–Crippen LogP) is 1.97. The number of piperazine rings is 1. The monoisotopic (exact) mass is 292 g/mol. The number of amides is 2. The first-order valence-electron chi connectivity index (χ1n) is 6.85. The van der Waals surface area contributed by atoms with E-state index in [1.165, 1.54) is 0 Å². The zero-order valence-electron chi connectivity index (χ0n) is 11.4. The number of benzene rings is 1. The first kappa shape index (κ1) is 13.4. The molecule has 1 aromatic carbocycles. The van der Waals surface area contributed by atoms with Crippen LogP contribution >= 0.6 is 11.6 Å². The van der Waals surface area contributed by atoms with Gasteiger partial charge in [-0.25, -0.2) is 0 Å². The number of hydrogen-bond acceptors (Lipinski definition) is 2. The van der Waals surface area contributed by atoms with E-state index in [0.29, 0.717) is 11.6 Å². The van der Waals surface area contributed by atoms with Crippen LogP contribution in [-0.2, 0) is 16.1 Å². The van der Waals surface area contributed by atoms with Gasteiger partial charge < -0.3 is 10.2 Å². The normalized spacial score (nSPS) is 26.6. The summed E-state index contributed by atoms with van der Waals surface area (Å²) in [5.74, 6) is 0.166. The Bertz CT molecular complexity index is 571. The predicted molar refractivity (Wildman–Crippen MR) is 76.1 cm³/mol. The Morgan fingerprint density at radius 1 is 1.35 bits per heavy atom. The fraction of sp³-hybridized carbons (Fsp3) is 0.467. The van der Waals surface area contributed by atoms with Crippen molar-refractivity contribution >= 4 is 23.4 Å². The highest BCUT2D eigenvalue weighted by molar-refractivity contribution is 6.31. The van der Waals surface area contributed by atoms with Crippen LogP contribution in [0.1, 0.15) is 25.3 Å². The number of halogens is 1. The summed E-state index contributed by atoms with van der Waals surface area (Å²) in [5, 5.41) is 3.34. The largest absolute Gasteiger partial charge is 0.345 e. The third kappa shape index (κ3) is 2.08. The van der Waals surface area contributed by atoms with Crippen molar-refractivity contribution in [2.75, 3.05) is 6.54 Å². The Hall–Kier alpha value is -1.55. The van der Waals surface area contributed by atoms with E-state index in [1.54, 1.807) is 11.0 Å². The van der Waals surface area contributed by atoms with Crippen LogP contribution in [0.4, 0.5) is 0 Å². The molecule has 0 aromatic heterocycles. The van der Waals surface area contributed by atoms with E-state index in [9.17, 15) is 9.59 Å². The molecule has 20 heavy (non-hydrogen) atoms. The third-order valence-corrected chi connectivity index (χ3v) is 4.75. The topological polar surface area (TPSA) is 49.4 Å². The highest BCUT2D eigenvalue weighted by Crippen LogP contribution is 2.45. The molecule has 0 spiro atoms. The van der Waals surface area contributed by atoms with Crippen LogP contribution in [0.3, 0.4) is 0 Å². The second-order valence-corrected chi connectivity index (χ2v) is 6.08. The molecule has 2 amide bonds. The summed E-state index contributed by atoms with van der Waals surface area (Å²) in [4.78, 5) is 26.3. The summed E-state index contributed by atoms with van der Waals surface area (Å²) in [6, 6.07) is 7.45. The van der Waals surface area contributed by atoms with E-state index >= 15 is 0 Å². The van der Waals surface area contributed by atoms with Crippen molar-refractivity contribution in [3.63, 3.8) is 0 Å². The Morgan fingerprint density at radius 3 is 2.70 bits per heavy atom. The maximum Gasteiger partial charge on any atom is 0.246 e. The van der Waals surface area contributed by atoms with Gasteiger partial charge in [0, 0.05) is 11.6 Å². The van der Waals surface area contributed by atoms with Crippen LogP contribution in [-0.4, -0.2) is 28.8 Å². The van der Waals surface area contributed by atoms with Gasteiger partial charge in [0.15, 0.2) is 0 Å². The van der Waals surface area contributed by atoms with E-state index in [-0.39, 0.29) is 24.3 Å². The van der Waals surface area contributed by atoms with Crippen molar-refractivity contribution in [2.24, 2.45) is 5.92 Å². The Kier molecular flexibility index (Phi) is 3.21. The van der Waals surface area contributed by atoms with E-state index in [4.69, 9.17) is 11.6 Å². The van der Waals surface area contributed by atoms with Crippen LogP contribution < -0.4 is 5.32 Å². The lowest BCUT2D eigenvalue weighted by Gasteiger charge is -2.44. The number of carbonyl (C=O) groups is 2. The van der Waals surface area contributed by atoms with Gasteiger partial charge in [-0.3, -0.25) is 9.59 Å². The molecule has 1 N–H and O–H groups in total. The molecular formula is C15H17ClN2O2. The second-order valence-electron chi connectivity index (χ2n) is 5.68. The van der Waals surface area contributed by atoms with E-state index < -0.39 is 5.54 Å². The highest BCUT2D eigenvalue weighted by atomic mass is 35.5. The van der Waals surface area contributed by atoms with Gasteiger partial charge in [0.25, 0.3) is 0 Å². The Balaban J connectivity index is 1.93. The van der Waals surface area contributed by atoms with E-state index in [0.717, 1.165) is 18.4 Å². The first-order chi connectivity index (χ1) is 9.53. The number of carbonyl (C=O) groups excluding carboxylic acids is 2. The van der Waals surface area contributed by atoms with Crippen molar-refractivity contribution in [1.82, 2.24) is 10.2 Å². The van der Waals surface area contributed by atoms with Crippen molar-refractivity contribution in [1.29, 1.82) is 0 Å². The summed E-state index contributed by atoms with van der Waals surface area (Å²) in [5.41, 5.74) is 0.137. The third-order valence-electron chi connectivity index (χ3n) is 4.38. The molecule has 1 atom stereocenters. The lowest BCUT2D eigenvalue weighted by molar-refractivity contribution is -0.155. The van der Waals surface area contributed by atoms with Gasteiger partial charge in [0.05, 0.1) is 6.54 Å². The quantitative estimate of drug-likeness (QED) is 0.926. The van der Waals surface area contributed by atoms with Gasteiger partial charge in [-0.15, -0.1) is 0 Å². The molecule has 3 rings (SSSR count). The molecular weight excluding hydrogens is 276 g/mol. The summed E-state index contributed by atoms with van der Waals surface area (Å²) < 4.78 is 0. The maximum absolute atomic E-state index is 12.3. The number of nitrogens with one attached hydrogen (secondary N) is 1. The smallest absolute Gasteiger partial charge is 0.246 e. The summed E-state index contributed by atoms with van der Waals surface area (Å²) in [6.45, 7) is 2.33. The Morgan fingerprint density at radius 2 is 2.05 bits per heavy atom. The van der Waals surface area contributed by atoms with Crippen LogP contribution in [0.25, 0.3) is 0 Å². The van der Waals surface area contributed by atoms with Gasteiger partial charge in [-0.1, -0.05) is 29.8 Å². The lowest BCUT2D eigenvalue weighted by Crippen LogP contribution is -2.66. The zero-order valence-corrected chi connectivity index (χ0v) is 12.1. The van der Waals surface area contributed by atoms with Gasteiger partial charge in [-0.05, 0) is 37.3 Å². The molecule has 1 aliphatic heterocycles. The minimum Gasteiger partial charge on any atom is -0.345 e. The molecule has 1 heterocycles. The fourth-order valence-corrected chi connectivity index (χ4v) is 3.11. The van der Waals surface area contributed by atoms with Gasteiger partial charge in [0.2, 0.25) is 11.8 Å². The summed E-state index contributed by atoms with van der Waals surface area (Å²) in [6.07, 6.45) is 1.99. The molecule has 5 heteroatoms. The van der Waals surface area contributed by atoms with Gasteiger partial charge in [0.1, 0.15) is 5.54 Å². The SMILES string of the molecule is CC1(C2CC2)C(=O)NCC(=O)N1Cc1ccccc1Cl. The number of rotatable bonds is 3. The van der Waals surface area contributed by atoms with E-state index in [2.05, 4.69) is 5.32 Å². The highest BCUT2D eigenvalue weighted by Gasteiger charge is 2.54. The van der Waals surface area contributed by atoms with Crippen LogP contribution in [0.15, 0.2) is 24.3 Å². The molecule has 1 aromatic rings. The molecule has 106 valence electrons. The van der Waals surface area contributed by atoms with Crippen molar-refractivity contribution < 1.29 is 9.59 Å². The summed E-state index contributed by atoms with van der Waals surface area (Å²) in [7, 11) is 0. The van der Waals surface area contributed by atoms with Gasteiger partial charge >= 0.3 is 0 Å². The zero-order chi connectivity index (χ0) is 14.3. The molecule has 1 aliphatic carbocycles. The average Bonchev–Trinajstić information content (AvgIpc) is 3.26. The van der Waals surface area contributed by atoms with Gasteiger partial charge in [-0.2, -0.15) is 0 Å². The maximum atomic E-state index is 12.3. The molecule has 2 aliphatic rings.